The summed E-state index contributed by atoms with van der Waals surface area (Å²) in [6.45, 7) is 0. The highest BCUT2D eigenvalue weighted by Crippen LogP contribution is 2.32. The maximum absolute atomic E-state index is 12.9. The summed E-state index contributed by atoms with van der Waals surface area (Å²) >= 11 is 15.9. The molecule has 7 heteroatoms. The molecule has 0 radical (unpaired) electrons. The van der Waals surface area contributed by atoms with Crippen molar-refractivity contribution in [1.82, 2.24) is 0 Å². The summed E-state index contributed by atoms with van der Waals surface area (Å²) in [5.74, 6) is -0.785. The van der Waals surface area contributed by atoms with Crippen LogP contribution in [0.25, 0.3) is 0 Å². The van der Waals surface area contributed by atoms with Crippen molar-refractivity contribution in [1.29, 1.82) is 0 Å². The van der Waals surface area contributed by atoms with Gasteiger partial charge in [0.05, 0.1) is 15.6 Å². The number of thiophene rings is 1. The minimum absolute atomic E-state index is 0.294. The summed E-state index contributed by atoms with van der Waals surface area (Å²) in [6, 6.07) is 5.46. The zero-order valence-corrected chi connectivity index (χ0v) is 12.6. The Hall–Kier alpha value is -0.620. The average Bonchev–Trinajstić information content (AvgIpc) is 2.62. The quantitative estimate of drug-likeness (QED) is 0.774. The van der Waals surface area contributed by atoms with Crippen LogP contribution in [0.5, 0.6) is 0 Å². The third-order valence-corrected chi connectivity index (χ3v) is 4.22. The summed E-state index contributed by atoms with van der Waals surface area (Å²) < 4.78 is 14.1. The first-order chi connectivity index (χ1) is 8.47. The monoisotopic (exact) mass is 367 g/mol. The molecule has 2 rings (SSSR count). The van der Waals surface area contributed by atoms with Gasteiger partial charge in [0.25, 0.3) is 5.91 Å². The second-order valence-corrected chi connectivity index (χ2v) is 6.46. The van der Waals surface area contributed by atoms with Gasteiger partial charge >= 0.3 is 0 Å². The highest BCUT2D eigenvalue weighted by Gasteiger charge is 2.15. The van der Waals surface area contributed by atoms with Crippen molar-refractivity contribution in [3.63, 3.8) is 0 Å². The molecule has 0 spiro atoms. The smallest absolute Gasteiger partial charge is 0.258 e. The van der Waals surface area contributed by atoms with E-state index in [1.54, 1.807) is 0 Å². The standard InChI is InChI=1S/C11H5BrCl2FNOS/c12-7-3-5(15)1-2-8(7)16-11(17)6-4-9(13)18-10(6)14/h1-4H,(H,16,17). The van der Waals surface area contributed by atoms with E-state index in [1.807, 2.05) is 0 Å². The maximum Gasteiger partial charge on any atom is 0.258 e. The molecule has 0 atom stereocenters. The number of carbonyl (C=O) groups is 1. The zero-order valence-electron chi connectivity index (χ0n) is 8.64. The highest BCUT2D eigenvalue weighted by molar-refractivity contribution is 9.10. The van der Waals surface area contributed by atoms with E-state index in [2.05, 4.69) is 21.2 Å². The lowest BCUT2D eigenvalue weighted by molar-refractivity contribution is 0.102. The van der Waals surface area contributed by atoms with Gasteiger partial charge in [-0.05, 0) is 40.2 Å². The first kappa shape index (κ1) is 13.8. The molecule has 0 unspecified atom stereocenters. The van der Waals surface area contributed by atoms with Gasteiger partial charge in [-0.2, -0.15) is 0 Å². The number of anilines is 1. The molecule has 1 amide bonds. The van der Waals surface area contributed by atoms with Gasteiger partial charge in [-0.15, -0.1) is 11.3 Å². The Morgan fingerprint density at radius 2 is 2.06 bits per heavy atom. The topological polar surface area (TPSA) is 29.1 Å². The minimum atomic E-state index is -0.393. The normalized spacial score (nSPS) is 10.4. The van der Waals surface area contributed by atoms with E-state index in [9.17, 15) is 9.18 Å². The van der Waals surface area contributed by atoms with Crippen LogP contribution in [-0.4, -0.2) is 5.91 Å². The molecule has 0 saturated carbocycles. The molecule has 0 aliphatic rings. The third kappa shape index (κ3) is 3.03. The van der Waals surface area contributed by atoms with Gasteiger partial charge in [-0.25, -0.2) is 4.39 Å². The molecule has 1 aromatic carbocycles. The molecule has 94 valence electrons. The lowest BCUT2D eigenvalue weighted by Crippen LogP contribution is -2.11. The number of nitrogens with one attached hydrogen (secondary N) is 1. The number of hydrogen-bond acceptors (Lipinski definition) is 2. The first-order valence-corrected chi connectivity index (χ1v) is 7.05. The number of rotatable bonds is 2. The predicted octanol–water partition coefficient (Wildman–Crippen LogP) is 5.21. The van der Waals surface area contributed by atoms with E-state index in [-0.39, 0.29) is 0 Å². The van der Waals surface area contributed by atoms with Crippen LogP contribution < -0.4 is 5.32 Å². The summed E-state index contributed by atoms with van der Waals surface area (Å²) in [5.41, 5.74) is 0.752. The number of benzene rings is 1. The molecule has 2 aromatic rings. The lowest BCUT2D eigenvalue weighted by Gasteiger charge is -2.06. The van der Waals surface area contributed by atoms with Gasteiger partial charge in [-0.1, -0.05) is 23.2 Å². The Labute approximate surface area is 125 Å². The Kier molecular flexibility index (Phi) is 4.27. The Morgan fingerprint density at radius 3 is 2.61 bits per heavy atom. The Bertz CT molecular complexity index is 617. The predicted molar refractivity (Wildman–Crippen MR) is 76.4 cm³/mol. The van der Waals surface area contributed by atoms with E-state index >= 15 is 0 Å². The molecule has 0 aliphatic heterocycles. The van der Waals surface area contributed by atoms with E-state index in [0.29, 0.717) is 24.4 Å². The summed E-state index contributed by atoms with van der Waals surface area (Å²) in [4.78, 5) is 11.9. The van der Waals surface area contributed by atoms with Gasteiger partial charge in [-0.3, -0.25) is 4.79 Å². The van der Waals surface area contributed by atoms with Gasteiger partial charge in [0.15, 0.2) is 0 Å². The molecule has 0 fully saturated rings. The third-order valence-electron chi connectivity index (χ3n) is 2.08. The fraction of sp³-hybridized carbons (Fsp3) is 0. The van der Waals surface area contributed by atoms with E-state index < -0.39 is 11.7 Å². The van der Waals surface area contributed by atoms with Crippen molar-refractivity contribution in [3.8, 4) is 0 Å². The number of carbonyl (C=O) groups excluding carboxylic acids is 1. The molecule has 2 nitrogen and oxygen atoms in total. The molecular weight excluding hydrogens is 364 g/mol. The van der Waals surface area contributed by atoms with Gasteiger partial charge in [0, 0.05) is 4.47 Å². The van der Waals surface area contributed by atoms with E-state index in [0.717, 1.165) is 11.3 Å². The molecule has 1 aromatic heterocycles. The van der Waals surface area contributed by atoms with Crippen molar-refractivity contribution in [3.05, 3.63) is 48.8 Å². The van der Waals surface area contributed by atoms with Crippen LogP contribution in [0.2, 0.25) is 8.67 Å². The van der Waals surface area contributed by atoms with Crippen molar-refractivity contribution in [2.24, 2.45) is 0 Å². The molecular formula is C11H5BrCl2FNOS. The molecule has 1 N–H and O–H groups in total. The largest absolute Gasteiger partial charge is 0.321 e. The van der Waals surface area contributed by atoms with Gasteiger partial charge in [0.1, 0.15) is 10.2 Å². The molecule has 1 heterocycles. The van der Waals surface area contributed by atoms with Crippen LogP contribution >= 0.6 is 50.5 Å². The fourth-order valence-electron chi connectivity index (χ4n) is 1.28. The van der Waals surface area contributed by atoms with Crippen molar-refractivity contribution >= 4 is 62.1 Å². The van der Waals surface area contributed by atoms with Crippen LogP contribution in [0.3, 0.4) is 0 Å². The van der Waals surface area contributed by atoms with Crippen molar-refractivity contribution < 1.29 is 9.18 Å². The molecule has 0 aliphatic carbocycles. The number of halogens is 4. The Balaban J connectivity index is 2.24. The number of amides is 1. The fourth-order valence-corrected chi connectivity index (χ4v) is 3.18. The first-order valence-electron chi connectivity index (χ1n) is 4.68. The summed E-state index contributed by atoms with van der Waals surface area (Å²) in [7, 11) is 0. The number of hydrogen-bond donors (Lipinski definition) is 1. The van der Waals surface area contributed by atoms with Crippen LogP contribution in [0.4, 0.5) is 10.1 Å². The minimum Gasteiger partial charge on any atom is -0.321 e. The van der Waals surface area contributed by atoms with E-state index in [1.165, 1.54) is 24.3 Å². The van der Waals surface area contributed by atoms with Crippen LogP contribution in [-0.2, 0) is 0 Å². The Morgan fingerprint density at radius 1 is 1.33 bits per heavy atom. The second kappa shape index (κ2) is 5.57. The molecule has 18 heavy (non-hydrogen) atoms. The summed E-state index contributed by atoms with van der Waals surface area (Å²) in [5, 5.41) is 2.62. The van der Waals surface area contributed by atoms with Gasteiger partial charge in [0.2, 0.25) is 0 Å². The van der Waals surface area contributed by atoms with E-state index in [4.69, 9.17) is 23.2 Å². The molecule has 0 bridgehead atoms. The lowest BCUT2D eigenvalue weighted by atomic mass is 10.2. The summed E-state index contributed by atoms with van der Waals surface area (Å²) in [6.07, 6.45) is 0. The van der Waals surface area contributed by atoms with Crippen LogP contribution in [0.1, 0.15) is 10.4 Å². The zero-order chi connectivity index (χ0) is 13.3. The van der Waals surface area contributed by atoms with Gasteiger partial charge < -0.3 is 5.32 Å². The van der Waals surface area contributed by atoms with Crippen molar-refractivity contribution in [2.75, 3.05) is 5.32 Å². The van der Waals surface area contributed by atoms with Crippen molar-refractivity contribution in [2.45, 2.75) is 0 Å². The molecule has 0 saturated heterocycles. The second-order valence-electron chi connectivity index (χ2n) is 3.32. The highest BCUT2D eigenvalue weighted by atomic mass is 79.9. The van der Waals surface area contributed by atoms with Crippen LogP contribution in [0, 0.1) is 5.82 Å². The average molecular weight is 369 g/mol. The SMILES string of the molecule is O=C(Nc1ccc(F)cc1Br)c1cc(Cl)sc1Cl. The van der Waals surface area contributed by atoms with Crippen LogP contribution in [0.15, 0.2) is 28.7 Å². The maximum atomic E-state index is 12.9.